The highest BCUT2D eigenvalue weighted by Gasteiger charge is 2.28. The molecule has 0 radical (unpaired) electrons. The molecule has 1 heterocycles. The van der Waals surface area contributed by atoms with Crippen LogP contribution in [0.15, 0.2) is 24.3 Å². The third-order valence-electron chi connectivity index (χ3n) is 3.85. The first kappa shape index (κ1) is 15.1. The Morgan fingerprint density at radius 1 is 1.45 bits per heavy atom. The number of likely N-dealkylation sites (tertiary alicyclic amines) is 1. The van der Waals surface area contributed by atoms with Crippen molar-refractivity contribution >= 4 is 17.5 Å². The van der Waals surface area contributed by atoms with Crippen LogP contribution >= 0.6 is 11.6 Å². The zero-order chi connectivity index (χ0) is 14.5. The van der Waals surface area contributed by atoms with Gasteiger partial charge in [-0.05, 0) is 36.6 Å². The number of nitrogens with zero attached hydrogens (tertiary/aromatic N) is 1. The van der Waals surface area contributed by atoms with Crippen LogP contribution in [0.2, 0.25) is 5.02 Å². The number of piperidine rings is 1. The molecule has 0 aliphatic carbocycles. The van der Waals surface area contributed by atoms with Crippen LogP contribution < -0.4 is 10.5 Å². The molecule has 5 heteroatoms. The molecular weight excluding hydrogens is 276 g/mol. The summed E-state index contributed by atoms with van der Waals surface area (Å²) < 4.78 is 5.49. The van der Waals surface area contributed by atoms with Gasteiger partial charge in [0, 0.05) is 24.2 Å². The number of hydrogen-bond donors (Lipinski definition) is 1. The van der Waals surface area contributed by atoms with Crippen molar-refractivity contribution < 1.29 is 9.53 Å². The molecule has 1 saturated heterocycles. The standard InChI is InChI=1S/C15H21ClN2O2/c1-2-11-9-18(8-7-14(11)17)15(19)10-20-13-5-3-12(16)4-6-13/h3-6,11,14H,2,7-10,17H2,1H3. The lowest BCUT2D eigenvalue weighted by molar-refractivity contribution is -0.135. The summed E-state index contributed by atoms with van der Waals surface area (Å²) in [5.74, 6) is 1.07. The molecule has 2 rings (SSSR count). The molecule has 2 atom stereocenters. The van der Waals surface area contributed by atoms with Gasteiger partial charge in [-0.25, -0.2) is 0 Å². The van der Waals surface area contributed by atoms with Gasteiger partial charge in [0.1, 0.15) is 5.75 Å². The van der Waals surface area contributed by atoms with Crippen molar-refractivity contribution in [2.24, 2.45) is 11.7 Å². The van der Waals surface area contributed by atoms with Crippen LogP contribution in [0.25, 0.3) is 0 Å². The second kappa shape index (κ2) is 6.95. The van der Waals surface area contributed by atoms with Crippen LogP contribution in [0.4, 0.5) is 0 Å². The summed E-state index contributed by atoms with van der Waals surface area (Å²) in [5, 5.41) is 0.652. The van der Waals surface area contributed by atoms with E-state index < -0.39 is 0 Å². The molecule has 2 unspecified atom stereocenters. The van der Waals surface area contributed by atoms with Crippen LogP contribution in [-0.4, -0.2) is 36.5 Å². The molecule has 1 amide bonds. The second-order valence-corrected chi connectivity index (χ2v) is 5.64. The molecule has 1 aliphatic heterocycles. The van der Waals surface area contributed by atoms with Gasteiger partial charge in [-0.15, -0.1) is 0 Å². The van der Waals surface area contributed by atoms with E-state index in [4.69, 9.17) is 22.1 Å². The summed E-state index contributed by atoms with van der Waals surface area (Å²) in [4.78, 5) is 14.0. The minimum Gasteiger partial charge on any atom is -0.484 e. The first-order chi connectivity index (χ1) is 9.60. The van der Waals surface area contributed by atoms with Gasteiger partial charge in [0.15, 0.2) is 6.61 Å². The summed E-state index contributed by atoms with van der Waals surface area (Å²) in [7, 11) is 0. The van der Waals surface area contributed by atoms with Gasteiger partial charge < -0.3 is 15.4 Å². The maximum atomic E-state index is 12.1. The van der Waals surface area contributed by atoms with Gasteiger partial charge in [0.25, 0.3) is 5.91 Å². The Morgan fingerprint density at radius 3 is 2.80 bits per heavy atom. The largest absolute Gasteiger partial charge is 0.484 e. The molecule has 1 aromatic carbocycles. The van der Waals surface area contributed by atoms with Crippen molar-refractivity contribution in [3.63, 3.8) is 0 Å². The Morgan fingerprint density at radius 2 is 2.15 bits per heavy atom. The minimum atomic E-state index is 0.0188. The zero-order valence-corrected chi connectivity index (χ0v) is 12.5. The van der Waals surface area contributed by atoms with Gasteiger partial charge in [-0.3, -0.25) is 4.79 Å². The molecule has 1 aromatic rings. The number of carbonyl (C=O) groups excluding carboxylic acids is 1. The third-order valence-corrected chi connectivity index (χ3v) is 4.10. The van der Waals surface area contributed by atoms with Crippen molar-refractivity contribution in [1.29, 1.82) is 0 Å². The van der Waals surface area contributed by atoms with E-state index in [0.29, 0.717) is 16.7 Å². The van der Waals surface area contributed by atoms with Crippen LogP contribution in [0.1, 0.15) is 19.8 Å². The number of rotatable bonds is 4. The first-order valence-corrected chi connectivity index (χ1v) is 7.39. The number of halogens is 1. The van der Waals surface area contributed by atoms with E-state index in [-0.39, 0.29) is 18.6 Å². The molecule has 4 nitrogen and oxygen atoms in total. The maximum absolute atomic E-state index is 12.1. The molecule has 0 aromatic heterocycles. The number of benzene rings is 1. The van der Waals surface area contributed by atoms with Gasteiger partial charge in [0.2, 0.25) is 0 Å². The van der Waals surface area contributed by atoms with E-state index in [0.717, 1.165) is 25.9 Å². The Bertz CT molecular complexity index is 450. The van der Waals surface area contributed by atoms with Crippen molar-refractivity contribution in [2.75, 3.05) is 19.7 Å². The lowest BCUT2D eigenvalue weighted by atomic mass is 9.91. The van der Waals surface area contributed by atoms with Crippen LogP contribution in [-0.2, 0) is 4.79 Å². The molecule has 1 aliphatic rings. The SMILES string of the molecule is CCC1CN(C(=O)COc2ccc(Cl)cc2)CCC1N. The number of carbonyl (C=O) groups is 1. The van der Waals surface area contributed by atoms with Crippen molar-refractivity contribution in [3.05, 3.63) is 29.3 Å². The normalized spacial score (nSPS) is 22.6. The number of hydrogen-bond acceptors (Lipinski definition) is 3. The lowest BCUT2D eigenvalue weighted by Gasteiger charge is -2.36. The predicted molar refractivity (Wildman–Crippen MR) is 79.9 cm³/mol. The minimum absolute atomic E-state index is 0.0188. The fourth-order valence-electron chi connectivity index (χ4n) is 2.48. The number of ether oxygens (including phenoxy) is 1. The highest BCUT2D eigenvalue weighted by Crippen LogP contribution is 2.19. The monoisotopic (exact) mass is 296 g/mol. The van der Waals surface area contributed by atoms with Crippen LogP contribution in [0.5, 0.6) is 5.75 Å². The van der Waals surface area contributed by atoms with Crippen LogP contribution in [0, 0.1) is 5.92 Å². The van der Waals surface area contributed by atoms with Gasteiger partial charge in [-0.2, -0.15) is 0 Å². The summed E-state index contributed by atoms with van der Waals surface area (Å²) in [5.41, 5.74) is 6.05. The quantitative estimate of drug-likeness (QED) is 0.927. The molecular formula is C15H21ClN2O2. The van der Waals surface area contributed by atoms with Gasteiger partial charge in [0.05, 0.1) is 0 Å². The van der Waals surface area contributed by atoms with E-state index in [1.54, 1.807) is 24.3 Å². The lowest BCUT2D eigenvalue weighted by Crippen LogP contribution is -2.50. The van der Waals surface area contributed by atoms with E-state index in [1.165, 1.54) is 0 Å². The average molecular weight is 297 g/mol. The van der Waals surface area contributed by atoms with E-state index in [1.807, 2.05) is 4.90 Å². The summed E-state index contributed by atoms with van der Waals surface area (Å²) in [6.45, 7) is 3.64. The Kier molecular flexibility index (Phi) is 5.26. The predicted octanol–water partition coefficient (Wildman–Crippen LogP) is 2.30. The maximum Gasteiger partial charge on any atom is 0.260 e. The van der Waals surface area contributed by atoms with E-state index >= 15 is 0 Å². The van der Waals surface area contributed by atoms with E-state index in [9.17, 15) is 4.79 Å². The Balaban J connectivity index is 1.84. The van der Waals surface area contributed by atoms with Crippen molar-refractivity contribution in [2.45, 2.75) is 25.8 Å². The molecule has 0 spiro atoms. The number of amides is 1. The molecule has 0 saturated carbocycles. The van der Waals surface area contributed by atoms with Crippen LogP contribution in [0.3, 0.4) is 0 Å². The Hall–Kier alpha value is -1.26. The highest BCUT2D eigenvalue weighted by atomic mass is 35.5. The van der Waals surface area contributed by atoms with E-state index in [2.05, 4.69) is 6.92 Å². The summed E-state index contributed by atoms with van der Waals surface area (Å²) in [6.07, 6.45) is 1.87. The Labute approximate surface area is 124 Å². The highest BCUT2D eigenvalue weighted by molar-refractivity contribution is 6.30. The summed E-state index contributed by atoms with van der Waals surface area (Å²) in [6, 6.07) is 7.22. The average Bonchev–Trinajstić information content (AvgIpc) is 2.47. The third kappa shape index (κ3) is 3.87. The molecule has 1 fully saturated rings. The molecule has 2 N–H and O–H groups in total. The fourth-order valence-corrected chi connectivity index (χ4v) is 2.60. The van der Waals surface area contributed by atoms with Crippen molar-refractivity contribution in [3.8, 4) is 5.75 Å². The van der Waals surface area contributed by atoms with Gasteiger partial charge in [-0.1, -0.05) is 24.9 Å². The smallest absolute Gasteiger partial charge is 0.260 e. The van der Waals surface area contributed by atoms with Crippen molar-refractivity contribution in [1.82, 2.24) is 4.90 Å². The fraction of sp³-hybridized carbons (Fsp3) is 0.533. The second-order valence-electron chi connectivity index (χ2n) is 5.20. The molecule has 20 heavy (non-hydrogen) atoms. The summed E-state index contributed by atoms with van der Waals surface area (Å²) >= 11 is 5.80. The van der Waals surface area contributed by atoms with Gasteiger partial charge >= 0.3 is 0 Å². The molecule has 0 bridgehead atoms. The number of nitrogens with two attached hydrogens (primary N) is 1. The first-order valence-electron chi connectivity index (χ1n) is 7.02. The topological polar surface area (TPSA) is 55.6 Å². The molecule has 110 valence electrons. The zero-order valence-electron chi connectivity index (χ0n) is 11.7.